The molecule has 0 aromatic heterocycles. The molecule has 1 aliphatic rings. The van der Waals surface area contributed by atoms with E-state index in [0.717, 1.165) is 17.1 Å². The van der Waals surface area contributed by atoms with Crippen LogP contribution in [0.4, 0.5) is 39.8 Å². The van der Waals surface area contributed by atoms with Crippen LogP contribution in [-0.4, -0.2) is 7.05 Å². The Hall–Kier alpha value is -3.72. The van der Waals surface area contributed by atoms with E-state index in [-0.39, 0.29) is 0 Å². The zero-order valence-corrected chi connectivity index (χ0v) is 15.7. The van der Waals surface area contributed by atoms with E-state index < -0.39 is 0 Å². The van der Waals surface area contributed by atoms with Crippen molar-refractivity contribution in [3.63, 3.8) is 0 Å². The van der Waals surface area contributed by atoms with E-state index in [2.05, 4.69) is 118 Å². The first-order valence-corrected chi connectivity index (χ1v) is 9.48. The number of nitrogens with zero attached hydrogens (tertiary/aromatic N) is 2. The summed E-state index contributed by atoms with van der Waals surface area (Å²) in [5.41, 5.74) is 8.09. The molecule has 0 aliphatic carbocycles. The minimum absolute atomic E-state index is 1.10. The summed E-state index contributed by atoms with van der Waals surface area (Å²) in [5.74, 6) is 0. The number of hydrogen-bond donors (Lipinski definition) is 1. The summed E-state index contributed by atoms with van der Waals surface area (Å²) in [6.45, 7) is 0. The predicted molar refractivity (Wildman–Crippen MR) is 119 cm³/mol. The van der Waals surface area contributed by atoms with Crippen molar-refractivity contribution in [2.75, 3.05) is 22.2 Å². The van der Waals surface area contributed by atoms with Crippen LogP contribution in [0, 0.1) is 0 Å². The normalized spacial score (nSPS) is 12.3. The molecular weight excluding hydrogens is 342 g/mol. The second kappa shape index (κ2) is 6.78. The predicted octanol–water partition coefficient (Wildman–Crippen LogP) is 6.98. The summed E-state index contributed by atoms with van der Waals surface area (Å²) >= 11 is 0. The summed E-state index contributed by atoms with van der Waals surface area (Å²) in [7, 11) is 1.94. The van der Waals surface area contributed by atoms with Gasteiger partial charge in [0.25, 0.3) is 0 Å². The maximum atomic E-state index is 3.20. The van der Waals surface area contributed by atoms with Gasteiger partial charge in [-0.1, -0.05) is 42.5 Å². The van der Waals surface area contributed by atoms with Crippen LogP contribution in [-0.2, 0) is 0 Å². The first-order valence-electron chi connectivity index (χ1n) is 9.48. The Bertz CT molecular complexity index is 1060. The van der Waals surface area contributed by atoms with Crippen molar-refractivity contribution in [1.82, 2.24) is 0 Å². The third-order valence-corrected chi connectivity index (χ3v) is 5.16. The van der Waals surface area contributed by atoms with Gasteiger partial charge in [0.2, 0.25) is 0 Å². The van der Waals surface area contributed by atoms with Crippen molar-refractivity contribution in [2.24, 2.45) is 0 Å². The first-order chi connectivity index (χ1) is 13.9. The first kappa shape index (κ1) is 16.5. The number of benzene rings is 4. The van der Waals surface area contributed by atoms with Crippen LogP contribution >= 0.6 is 0 Å². The lowest BCUT2D eigenvalue weighted by Crippen LogP contribution is -2.23. The summed E-state index contributed by atoms with van der Waals surface area (Å²) in [6, 6.07) is 36.3. The molecule has 1 aliphatic heterocycles. The molecule has 4 aromatic carbocycles. The smallest absolute Gasteiger partial charge is 0.0703 e. The molecule has 0 bridgehead atoms. The fourth-order valence-electron chi connectivity index (χ4n) is 3.85. The molecule has 3 heteroatoms. The molecule has 136 valence electrons. The van der Waals surface area contributed by atoms with Gasteiger partial charge in [0.1, 0.15) is 0 Å². The van der Waals surface area contributed by atoms with E-state index >= 15 is 0 Å². The van der Waals surface area contributed by atoms with E-state index in [1.54, 1.807) is 0 Å². The molecule has 1 heterocycles. The molecule has 0 amide bonds. The van der Waals surface area contributed by atoms with Gasteiger partial charge >= 0.3 is 0 Å². The number of fused-ring (bicyclic) bond motifs is 2. The van der Waals surface area contributed by atoms with Gasteiger partial charge in [0, 0.05) is 24.1 Å². The van der Waals surface area contributed by atoms with E-state index in [4.69, 9.17) is 0 Å². The van der Waals surface area contributed by atoms with Crippen LogP contribution in [0.2, 0.25) is 0 Å². The highest BCUT2D eigenvalue weighted by atomic mass is 15.3. The van der Waals surface area contributed by atoms with Gasteiger partial charge in [-0.05, 0) is 60.7 Å². The van der Waals surface area contributed by atoms with Crippen LogP contribution in [0.3, 0.4) is 0 Å². The zero-order chi connectivity index (χ0) is 18.9. The fourth-order valence-corrected chi connectivity index (χ4v) is 3.85. The monoisotopic (exact) mass is 363 g/mol. The van der Waals surface area contributed by atoms with Gasteiger partial charge in [-0.15, -0.1) is 0 Å². The van der Waals surface area contributed by atoms with Crippen LogP contribution in [0.5, 0.6) is 0 Å². The van der Waals surface area contributed by atoms with Gasteiger partial charge in [-0.2, -0.15) is 0 Å². The van der Waals surface area contributed by atoms with Gasteiger partial charge in [-0.3, -0.25) is 0 Å². The number of rotatable bonds is 3. The second-order valence-electron chi connectivity index (χ2n) is 6.78. The second-order valence-corrected chi connectivity index (χ2v) is 6.78. The topological polar surface area (TPSA) is 18.5 Å². The Labute approximate surface area is 165 Å². The number of hydrogen-bond acceptors (Lipinski definition) is 3. The third-order valence-electron chi connectivity index (χ3n) is 5.16. The Morgan fingerprint density at radius 2 is 0.857 bits per heavy atom. The standard InChI is InChI=1S/C25H21N3/c1-26-19-15-17-21(18-16-19)28-24-13-7-5-11-22(24)27(20-9-3-2-4-10-20)23-12-6-8-14-25(23)28/h2-18,26H,1H3. The summed E-state index contributed by atoms with van der Waals surface area (Å²) < 4.78 is 0. The maximum Gasteiger partial charge on any atom is 0.0703 e. The highest BCUT2D eigenvalue weighted by Gasteiger charge is 2.29. The van der Waals surface area contributed by atoms with Crippen molar-refractivity contribution in [3.8, 4) is 0 Å². The summed E-state index contributed by atoms with van der Waals surface area (Å²) in [5, 5.41) is 3.20. The molecule has 28 heavy (non-hydrogen) atoms. The van der Waals surface area contributed by atoms with Gasteiger partial charge in [0.15, 0.2) is 0 Å². The van der Waals surface area contributed by atoms with E-state index in [0.29, 0.717) is 0 Å². The SMILES string of the molecule is CNc1ccc(N2c3ccccc3N(c3ccccc3)c3ccccc32)cc1. The van der Waals surface area contributed by atoms with Crippen LogP contribution in [0.1, 0.15) is 0 Å². The quantitative estimate of drug-likeness (QED) is 0.373. The molecule has 5 rings (SSSR count). The number of anilines is 7. The van der Waals surface area contributed by atoms with Gasteiger partial charge < -0.3 is 15.1 Å². The van der Waals surface area contributed by atoms with Crippen molar-refractivity contribution in [1.29, 1.82) is 0 Å². The Balaban J connectivity index is 1.75. The molecule has 0 saturated carbocycles. The molecule has 0 radical (unpaired) electrons. The van der Waals surface area contributed by atoms with E-state index in [1.165, 1.54) is 22.7 Å². The lowest BCUT2D eigenvalue weighted by atomic mass is 10.0. The van der Waals surface area contributed by atoms with Crippen molar-refractivity contribution in [2.45, 2.75) is 0 Å². The molecule has 0 fully saturated rings. The molecular formula is C25H21N3. The van der Waals surface area contributed by atoms with Crippen molar-refractivity contribution < 1.29 is 0 Å². The minimum atomic E-state index is 1.10. The van der Waals surface area contributed by atoms with Crippen LogP contribution in [0.25, 0.3) is 0 Å². The Morgan fingerprint density at radius 1 is 0.464 bits per heavy atom. The average molecular weight is 363 g/mol. The molecule has 4 aromatic rings. The highest BCUT2D eigenvalue weighted by molar-refractivity contribution is 6.01. The van der Waals surface area contributed by atoms with Crippen LogP contribution in [0.15, 0.2) is 103 Å². The molecule has 0 atom stereocenters. The fraction of sp³-hybridized carbons (Fsp3) is 0.0400. The highest BCUT2D eigenvalue weighted by Crippen LogP contribution is 2.53. The van der Waals surface area contributed by atoms with E-state index in [1.807, 2.05) is 7.05 Å². The van der Waals surface area contributed by atoms with Crippen molar-refractivity contribution in [3.05, 3.63) is 103 Å². The number of nitrogens with one attached hydrogen (secondary N) is 1. The Kier molecular flexibility index (Phi) is 3.99. The maximum absolute atomic E-state index is 3.20. The van der Waals surface area contributed by atoms with Gasteiger partial charge in [0.05, 0.1) is 22.7 Å². The van der Waals surface area contributed by atoms with Crippen molar-refractivity contribution >= 4 is 39.8 Å². The number of para-hydroxylation sites is 5. The zero-order valence-electron chi connectivity index (χ0n) is 15.7. The molecule has 3 nitrogen and oxygen atoms in total. The van der Waals surface area contributed by atoms with Gasteiger partial charge in [-0.25, -0.2) is 0 Å². The largest absolute Gasteiger partial charge is 0.388 e. The third kappa shape index (κ3) is 2.60. The Morgan fingerprint density at radius 3 is 1.29 bits per heavy atom. The van der Waals surface area contributed by atoms with E-state index in [9.17, 15) is 0 Å². The molecule has 0 unspecified atom stereocenters. The van der Waals surface area contributed by atoms with Crippen LogP contribution < -0.4 is 15.1 Å². The molecule has 0 saturated heterocycles. The lowest BCUT2D eigenvalue weighted by Gasteiger charge is -2.40. The minimum Gasteiger partial charge on any atom is -0.388 e. The molecule has 1 N–H and O–H groups in total. The lowest BCUT2D eigenvalue weighted by molar-refractivity contribution is 1.17. The average Bonchev–Trinajstić information content (AvgIpc) is 2.78. The summed E-state index contributed by atoms with van der Waals surface area (Å²) in [4.78, 5) is 4.67. The summed E-state index contributed by atoms with van der Waals surface area (Å²) in [6.07, 6.45) is 0. The molecule has 0 spiro atoms.